The topological polar surface area (TPSA) is 80.0 Å². The lowest BCUT2D eigenvalue weighted by molar-refractivity contribution is 0.0958. The van der Waals surface area contributed by atoms with Gasteiger partial charge in [0.15, 0.2) is 5.13 Å². The van der Waals surface area contributed by atoms with Crippen molar-refractivity contribution >= 4 is 28.2 Å². The molecule has 0 aromatic carbocycles. The standard InChI is InChI=1S/C12H22N4OS/c1-5-6-7-14-10(17)8-9(13)15-11(18-8)16-12(2,3)4/h5-7,13H2,1-4H3,(H,14,17)(H,15,16). The molecule has 0 aliphatic heterocycles. The number of hydrogen-bond acceptors (Lipinski definition) is 5. The molecule has 18 heavy (non-hydrogen) atoms. The molecule has 1 heterocycles. The maximum absolute atomic E-state index is 11.9. The first-order valence-corrected chi connectivity index (χ1v) is 6.98. The van der Waals surface area contributed by atoms with Gasteiger partial charge in [0.05, 0.1) is 0 Å². The number of rotatable bonds is 5. The van der Waals surface area contributed by atoms with Gasteiger partial charge in [-0.25, -0.2) is 4.98 Å². The quantitative estimate of drug-likeness (QED) is 0.718. The van der Waals surface area contributed by atoms with Gasteiger partial charge < -0.3 is 16.4 Å². The van der Waals surface area contributed by atoms with Crippen molar-refractivity contribution in [3.63, 3.8) is 0 Å². The number of aromatic nitrogens is 1. The Balaban J connectivity index is 2.69. The zero-order chi connectivity index (χ0) is 13.8. The van der Waals surface area contributed by atoms with Crippen LogP contribution in [0.5, 0.6) is 0 Å². The van der Waals surface area contributed by atoms with E-state index in [0.29, 0.717) is 22.4 Å². The minimum absolute atomic E-state index is 0.0970. The van der Waals surface area contributed by atoms with Crippen molar-refractivity contribution in [1.82, 2.24) is 10.3 Å². The number of anilines is 2. The Bertz CT molecular complexity index is 409. The number of nitrogen functional groups attached to an aromatic ring is 1. The second kappa shape index (κ2) is 6.04. The predicted octanol–water partition coefficient (Wildman–Crippen LogP) is 2.47. The van der Waals surface area contributed by atoms with E-state index in [-0.39, 0.29) is 11.4 Å². The molecule has 0 aliphatic carbocycles. The monoisotopic (exact) mass is 270 g/mol. The van der Waals surface area contributed by atoms with Crippen molar-refractivity contribution < 1.29 is 4.79 Å². The van der Waals surface area contributed by atoms with Crippen LogP contribution in [0.1, 0.15) is 50.2 Å². The highest BCUT2D eigenvalue weighted by molar-refractivity contribution is 7.18. The van der Waals surface area contributed by atoms with Crippen LogP contribution in [0, 0.1) is 0 Å². The summed E-state index contributed by atoms with van der Waals surface area (Å²) in [6.07, 6.45) is 2.02. The van der Waals surface area contributed by atoms with Gasteiger partial charge in [0.2, 0.25) is 0 Å². The van der Waals surface area contributed by atoms with E-state index in [1.165, 1.54) is 11.3 Å². The number of carbonyl (C=O) groups is 1. The lowest BCUT2D eigenvalue weighted by Gasteiger charge is -2.19. The summed E-state index contributed by atoms with van der Waals surface area (Å²) in [6, 6.07) is 0. The molecular weight excluding hydrogens is 248 g/mol. The first kappa shape index (κ1) is 14.8. The largest absolute Gasteiger partial charge is 0.382 e. The summed E-state index contributed by atoms with van der Waals surface area (Å²) >= 11 is 1.29. The lowest BCUT2D eigenvalue weighted by atomic mass is 10.1. The van der Waals surface area contributed by atoms with Crippen LogP contribution in [0.15, 0.2) is 0 Å². The minimum atomic E-state index is -0.139. The highest BCUT2D eigenvalue weighted by Gasteiger charge is 2.18. The normalized spacial score (nSPS) is 11.3. The molecule has 0 saturated carbocycles. The molecule has 1 aromatic heterocycles. The zero-order valence-electron chi connectivity index (χ0n) is 11.5. The van der Waals surface area contributed by atoms with Crippen molar-refractivity contribution in [3.05, 3.63) is 4.88 Å². The van der Waals surface area contributed by atoms with Gasteiger partial charge in [0, 0.05) is 12.1 Å². The summed E-state index contributed by atoms with van der Waals surface area (Å²) in [5.41, 5.74) is 5.67. The fourth-order valence-electron chi connectivity index (χ4n) is 1.33. The molecule has 0 saturated heterocycles. The number of nitrogens with one attached hydrogen (secondary N) is 2. The minimum Gasteiger partial charge on any atom is -0.382 e. The molecule has 6 heteroatoms. The molecule has 0 unspecified atom stereocenters. The third kappa shape index (κ3) is 4.52. The smallest absolute Gasteiger partial charge is 0.265 e. The summed E-state index contributed by atoms with van der Waals surface area (Å²) in [6.45, 7) is 8.86. The first-order chi connectivity index (χ1) is 8.33. The van der Waals surface area contributed by atoms with Crippen molar-refractivity contribution in [2.24, 2.45) is 0 Å². The molecule has 0 bridgehead atoms. The number of unbranched alkanes of at least 4 members (excludes halogenated alkanes) is 1. The van der Waals surface area contributed by atoms with Gasteiger partial charge in [-0.1, -0.05) is 24.7 Å². The van der Waals surface area contributed by atoms with E-state index >= 15 is 0 Å². The molecule has 0 spiro atoms. The number of thiazole rings is 1. The van der Waals surface area contributed by atoms with Crippen LogP contribution in [0.4, 0.5) is 10.9 Å². The van der Waals surface area contributed by atoms with Crippen LogP contribution >= 0.6 is 11.3 Å². The van der Waals surface area contributed by atoms with E-state index in [0.717, 1.165) is 12.8 Å². The molecular formula is C12H22N4OS. The van der Waals surface area contributed by atoms with Crippen molar-refractivity contribution in [3.8, 4) is 0 Å². The average Bonchev–Trinajstić information content (AvgIpc) is 2.57. The summed E-state index contributed by atoms with van der Waals surface area (Å²) in [7, 11) is 0. The Hall–Kier alpha value is -1.30. The average molecular weight is 270 g/mol. The van der Waals surface area contributed by atoms with Gasteiger partial charge in [-0.3, -0.25) is 4.79 Å². The van der Waals surface area contributed by atoms with E-state index in [4.69, 9.17) is 5.73 Å². The van der Waals surface area contributed by atoms with Crippen molar-refractivity contribution in [2.45, 2.75) is 46.1 Å². The molecule has 5 nitrogen and oxygen atoms in total. The molecule has 0 fully saturated rings. The van der Waals surface area contributed by atoms with Gasteiger partial charge in [-0.15, -0.1) is 0 Å². The number of nitrogens with two attached hydrogens (primary N) is 1. The summed E-state index contributed by atoms with van der Waals surface area (Å²) in [4.78, 5) is 16.5. The zero-order valence-corrected chi connectivity index (χ0v) is 12.3. The summed E-state index contributed by atoms with van der Waals surface area (Å²) in [5.74, 6) is 0.154. The molecule has 0 radical (unpaired) electrons. The molecule has 102 valence electrons. The second-order valence-electron chi connectivity index (χ2n) is 5.22. The number of carbonyl (C=O) groups excluding carboxylic acids is 1. The molecule has 1 aromatic rings. The van der Waals surface area contributed by atoms with Gasteiger partial charge >= 0.3 is 0 Å². The number of hydrogen-bond donors (Lipinski definition) is 3. The molecule has 0 aliphatic rings. The van der Waals surface area contributed by atoms with Gasteiger partial charge in [0.25, 0.3) is 5.91 Å². The molecule has 0 atom stereocenters. The Morgan fingerprint density at radius 3 is 2.67 bits per heavy atom. The molecule has 4 N–H and O–H groups in total. The number of amides is 1. The van der Waals surface area contributed by atoms with E-state index in [9.17, 15) is 4.79 Å². The van der Waals surface area contributed by atoms with Gasteiger partial charge in [-0.2, -0.15) is 0 Å². The predicted molar refractivity (Wildman–Crippen MR) is 77.1 cm³/mol. The fourth-order valence-corrected chi connectivity index (χ4v) is 2.34. The van der Waals surface area contributed by atoms with E-state index < -0.39 is 0 Å². The lowest BCUT2D eigenvalue weighted by Crippen LogP contribution is -2.25. The Kier molecular flexibility index (Phi) is 4.95. The fraction of sp³-hybridized carbons (Fsp3) is 0.667. The highest BCUT2D eigenvalue weighted by atomic mass is 32.1. The Morgan fingerprint density at radius 1 is 1.44 bits per heavy atom. The summed E-state index contributed by atoms with van der Waals surface area (Å²) in [5, 5.41) is 6.73. The number of nitrogens with zero attached hydrogens (tertiary/aromatic N) is 1. The SMILES string of the molecule is CCCCNC(=O)c1sc(NC(C)(C)C)nc1N. The molecule has 1 amide bonds. The highest BCUT2D eigenvalue weighted by Crippen LogP contribution is 2.26. The summed E-state index contributed by atoms with van der Waals surface area (Å²) < 4.78 is 0. The third-order valence-electron chi connectivity index (χ3n) is 2.16. The van der Waals surface area contributed by atoms with Crippen LogP contribution in [0.3, 0.4) is 0 Å². The third-order valence-corrected chi connectivity index (χ3v) is 3.14. The first-order valence-electron chi connectivity index (χ1n) is 6.16. The van der Waals surface area contributed by atoms with E-state index in [1.54, 1.807) is 0 Å². The van der Waals surface area contributed by atoms with Gasteiger partial charge in [-0.05, 0) is 27.2 Å². The molecule has 1 rings (SSSR count). The Morgan fingerprint density at radius 2 is 2.11 bits per heavy atom. The van der Waals surface area contributed by atoms with Crippen molar-refractivity contribution in [1.29, 1.82) is 0 Å². The van der Waals surface area contributed by atoms with Crippen LogP contribution < -0.4 is 16.4 Å². The van der Waals surface area contributed by atoms with Crippen LogP contribution in [0.25, 0.3) is 0 Å². The van der Waals surface area contributed by atoms with E-state index in [1.807, 2.05) is 20.8 Å². The van der Waals surface area contributed by atoms with E-state index in [2.05, 4.69) is 22.5 Å². The Labute approximate surface area is 112 Å². The van der Waals surface area contributed by atoms with Gasteiger partial charge in [0.1, 0.15) is 10.7 Å². The maximum Gasteiger partial charge on any atom is 0.265 e. The van der Waals surface area contributed by atoms with Crippen LogP contribution in [0.2, 0.25) is 0 Å². The van der Waals surface area contributed by atoms with Crippen LogP contribution in [-0.2, 0) is 0 Å². The maximum atomic E-state index is 11.9. The second-order valence-corrected chi connectivity index (χ2v) is 6.22. The van der Waals surface area contributed by atoms with Crippen LogP contribution in [-0.4, -0.2) is 23.0 Å². The van der Waals surface area contributed by atoms with Crippen molar-refractivity contribution in [2.75, 3.05) is 17.6 Å².